The van der Waals surface area contributed by atoms with E-state index < -0.39 is 0 Å². The zero-order valence-electron chi connectivity index (χ0n) is 15.2. The topological polar surface area (TPSA) is 43.0 Å². The molecular formula is C21H26N2O3. The molecule has 0 unspecified atom stereocenters. The first-order valence-corrected chi connectivity index (χ1v) is 9.30. The number of benzene rings is 2. The molecule has 4 rings (SSSR count). The van der Waals surface area contributed by atoms with Crippen molar-refractivity contribution in [2.45, 2.75) is 32.0 Å². The average Bonchev–Trinajstić information content (AvgIpc) is 3.12. The second-order valence-corrected chi connectivity index (χ2v) is 7.06. The van der Waals surface area contributed by atoms with Gasteiger partial charge in [0.15, 0.2) is 11.5 Å². The van der Waals surface area contributed by atoms with Crippen molar-refractivity contribution in [3.63, 3.8) is 0 Å². The van der Waals surface area contributed by atoms with Gasteiger partial charge in [-0.2, -0.15) is 0 Å². The number of hydrogen-bond donors (Lipinski definition) is 1. The second kappa shape index (κ2) is 7.98. The lowest BCUT2D eigenvalue weighted by Crippen LogP contribution is -2.35. The van der Waals surface area contributed by atoms with Crippen molar-refractivity contribution in [1.29, 1.82) is 0 Å². The van der Waals surface area contributed by atoms with Gasteiger partial charge in [0.1, 0.15) is 11.9 Å². The van der Waals surface area contributed by atoms with E-state index >= 15 is 0 Å². The molecule has 0 atom stereocenters. The molecule has 0 aliphatic carbocycles. The van der Waals surface area contributed by atoms with Crippen LogP contribution in [-0.2, 0) is 13.1 Å². The highest BCUT2D eigenvalue weighted by Gasteiger charge is 2.18. The summed E-state index contributed by atoms with van der Waals surface area (Å²) in [5.74, 6) is 2.63. The summed E-state index contributed by atoms with van der Waals surface area (Å²) in [4.78, 5) is 2.36. The smallest absolute Gasteiger partial charge is 0.231 e. The van der Waals surface area contributed by atoms with Crippen LogP contribution < -0.4 is 19.5 Å². The molecule has 2 heterocycles. The summed E-state index contributed by atoms with van der Waals surface area (Å²) in [7, 11) is 2.17. The summed E-state index contributed by atoms with van der Waals surface area (Å²) in [6.07, 6.45) is 2.54. The van der Waals surface area contributed by atoms with Crippen molar-refractivity contribution in [2.24, 2.45) is 0 Å². The van der Waals surface area contributed by atoms with E-state index in [9.17, 15) is 0 Å². The van der Waals surface area contributed by atoms with Crippen LogP contribution in [0.2, 0.25) is 0 Å². The number of fused-ring (bicyclic) bond motifs is 1. The lowest BCUT2D eigenvalue weighted by molar-refractivity contribution is 0.114. The summed E-state index contributed by atoms with van der Waals surface area (Å²) in [5.41, 5.74) is 2.42. The molecule has 0 radical (unpaired) electrons. The molecule has 0 aromatic heterocycles. The quantitative estimate of drug-likeness (QED) is 0.863. The Morgan fingerprint density at radius 3 is 2.62 bits per heavy atom. The van der Waals surface area contributed by atoms with Gasteiger partial charge in [-0.05, 0) is 55.3 Å². The van der Waals surface area contributed by atoms with Crippen LogP contribution in [0.1, 0.15) is 24.0 Å². The van der Waals surface area contributed by atoms with Gasteiger partial charge in [0.05, 0.1) is 0 Å². The number of hydrogen-bond acceptors (Lipinski definition) is 5. The number of ether oxygens (including phenoxy) is 3. The van der Waals surface area contributed by atoms with Crippen LogP contribution in [0, 0.1) is 0 Å². The standard InChI is InChI=1S/C21H26N2O3/c1-23-9-7-18(8-10-23)26-19-4-2-3-16(11-19)13-22-14-17-5-6-20-21(12-17)25-15-24-20/h2-6,11-12,18,22H,7-10,13-15H2,1H3. The van der Waals surface area contributed by atoms with E-state index in [0.29, 0.717) is 12.9 Å². The van der Waals surface area contributed by atoms with Gasteiger partial charge in [-0.1, -0.05) is 18.2 Å². The number of likely N-dealkylation sites (tertiary alicyclic amines) is 1. The Balaban J connectivity index is 1.28. The fraction of sp³-hybridized carbons (Fsp3) is 0.429. The normalized spacial score (nSPS) is 17.4. The predicted molar refractivity (Wildman–Crippen MR) is 101 cm³/mol. The lowest BCUT2D eigenvalue weighted by atomic mass is 10.1. The third kappa shape index (κ3) is 4.29. The molecule has 1 saturated heterocycles. The third-order valence-electron chi connectivity index (χ3n) is 4.96. The number of piperidine rings is 1. The molecule has 2 aromatic rings. The largest absolute Gasteiger partial charge is 0.490 e. The molecule has 26 heavy (non-hydrogen) atoms. The monoisotopic (exact) mass is 354 g/mol. The minimum absolute atomic E-state index is 0.316. The molecule has 0 bridgehead atoms. The van der Waals surface area contributed by atoms with Crippen LogP contribution in [-0.4, -0.2) is 37.9 Å². The number of rotatable bonds is 6. The van der Waals surface area contributed by atoms with Crippen LogP contribution in [0.4, 0.5) is 0 Å². The van der Waals surface area contributed by atoms with Crippen LogP contribution in [0.25, 0.3) is 0 Å². The molecular weight excluding hydrogens is 328 g/mol. The van der Waals surface area contributed by atoms with Gasteiger partial charge in [-0.25, -0.2) is 0 Å². The van der Waals surface area contributed by atoms with E-state index in [1.807, 2.05) is 12.1 Å². The highest BCUT2D eigenvalue weighted by molar-refractivity contribution is 5.44. The van der Waals surface area contributed by atoms with Crippen LogP contribution in [0.15, 0.2) is 42.5 Å². The van der Waals surface area contributed by atoms with E-state index in [2.05, 4.69) is 47.6 Å². The van der Waals surface area contributed by atoms with Crippen molar-refractivity contribution in [2.75, 3.05) is 26.9 Å². The minimum Gasteiger partial charge on any atom is -0.490 e. The van der Waals surface area contributed by atoms with Crippen LogP contribution >= 0.6 is 0 Å². The maximum Gasteiger partial charge on any atom is 0.231 e. The van der Waals surface area contributed by atoms with Gasteiger partial charge in [0, 0.05) is 26.2 Å². The van der Waals surface area contributed by atoms with E-state index in [1.165, 1.54) is 11.1 Å². The van der Waals surface area contributed by atoms with Crippen molar-refractivity contribution in [1.82, 2.24) is 10.2 Å². The molecule has 0 amide bonds. The Morgan fingerprint density at radius 1 is 1.00 bits per heavy atom. The zero-order chi connectivity index (χ0) is 17.8. The van der Waals surface area contributed by atoms with Gasteiger partial charge in [0.2, 0.25) is 6.79 Å². The summed E-state index contributed by atoms with van der Waals surface area (Å²) >= 11 is 0. The summed E-state index contributed by atoms with van der Waals surface area (Å²) in [6.45, 7) is 4.13. The van der Waals surface area contributed by atoms with Crippen LogP contribution in [0.3, 0.4) is 0 Å². The summed E-state index contributed by atoms with van der Waals surface area (Å²) in [6, 6.07) is 14.5. The molecule has 138 valence electrons. The minimum atomic E-state index is 0.316. The molecule has 2 aromatic carbocycles. The first kappa shape index (κ1) is 17.2. The fourth-order valence-corrected chi connectivity index (χ4v) is 3.43. The molecule has 1 N–H and O–H groups in total. The molecule has 5 heteroatoms. The lowest BCUT2D eigenvalue weighted by Gasteiger charge is -2.29. The van der Waals surface area contributed by atoms with Gasteiger partial charge >= 0.3 is 0 Å². The van der Waals surface area contributed by atoms with Gasteiger partial charge in [-0.15, -0.1) is 0 Å². The molecule has 2 aliphatic heterocycles. The second-order valence-electron chi connectivity index (χ2n) is 7.06. The molecule has 0 spiro atoms. The summed E-state index contributed by atoms with van der Waals surface area (Å²) < 4.78 is 17.0. The number of nitrogens with zero attached hydrogens (tertiary/aromatic N) is 1. The Bertz CT molecular complexity index is 742. The van der Waals surface area contributed by atoms with E-state index in [-0.39, 0.29) is 0 Å². The third-order valence-corrected chi connectivity index (χ3v) is 4.96. The Kier molecular flexibility index (Phi) is 5.27. The van der Waals surface area contributed by atoms with E-state index in [1.54, 1.807) is 0 Å². The highest BCUT2D eigenvalue weighted by Crippen LogP contribution is 2.32. The first-order valence-electron chi connectivity index (χ1n) is 9.30. The highest BCUT2D eigenvalue weighted by atomic mass is 16.7. The van der Waals surface area contributed by atoms with E-state index in [0.717, 1.165) is 56.3 Å². The van der Waals surface area contributed by atoms with Crippen molar-refractivity contribution in [3.8, 4) is 17.2 Å². The molecule has 2 aliphatic rings. The number of nitrogens with one attached hydrogen (secondary N) is 1. The Hall–Kier alpha value is -2.24. The predicted octanol–water partition coefficient (Wildman–Crippen LogP) is 3.18. The van der Waals surface area contributed by atoms with Crippen molar-refractivity contribution < 1.29 is 14.2 Å². The van der Waals surface area contributed by atoms with Crippen molar-refractivity contribution in [3.05, 3.63) is 53.6 Å². The van der Waals surface area contributed by atoms with Gasteiger partial charge in [0.25, 0.3) is 0 Å². The van der Waals surface area contributed by atoms with Crippen LogP contribution in [0.5, 0.6) is 17.2 Å². The van der Waals surface area contributed by atoms with Crippen molar-refractivity contribution >= 4 is 0 Å². The van der Waals surface area contributed by atoms with Gasteiger partial charge in [-0.3, -0.25) is 0 Å². The first-order chi connectivity index (χ1) is 12.8. The molecule has 1 fully saturated rings. The maximum absolute atomic E-state index is 6.17. The van der Waals surface area contributed by atoms with Gasteiger partial charge < -0.3 is 24.4 Å². The SMILES string of the molecule is CN1CCC(Oc2cccc(CNCc3ccc4c(c3)OCO4)c2)CC1. The fourth-order valence-electron chi connectivity index (χ4n) is 3.43. The summed E-state index contributed by atoms with van der Waals surface area (Å²) in [5, 5.41) is 3.49. The Labute approximate surface area is 154 Å². The van der Waals surface area contributed by atoms with E-state index in [4.69, 9.17) is 14.2 Å². The molecule has 0 saturated carbocycles. The maximum atomic E-state index is 6.17. The molecule has 5 nitrogen and oxygen atoms in total. The average molecular weight is 354 g/mol. The Morgan fingerprint density at radius 2 is 1.77 bits per heavy atom. The zero-order valence-corrected chi connectivity index (χ0v) is 15.2.